The monoisotopic (exact) mass is 423 g/mol. The molecular formula is C19H22INO2. The summed E-state index contributed by atoms with van der Waals surface area (Å²) in [5.41, 5.74) is 3.26. The molecule has 0 radical (unpaired) electrons. The van der Waals surface area contributed by atoms with Crippen LogP contribution >= 0.6 is 22.6 Å². The summed E-state index contributed by atoms with van der Waals surface area (Å²) in [5.74, 6) is 1.04. The number of hydrogen-bond donors (Lipinski definition) is 1. The first kappa shape index (κ1) is 17.8. The van der Waals surface area contributed by atoms with E-state index in [1.807, 2.05) is 36.4 Å². The van der Waals surface area contributed by atoms with Crippen LogP contribution < -0.4 is 10.1 Å². The molecule has 3 nitrogen and oxygen atoms in total. The zero-order chi connectivity index (χ0) is 17.0. The Bertz CT molecular complexity index is 680. The SMILES string of the molecule is Cc1cc(OC(C)C(=O)Nc2ccc(I)cc2)ccc1C(C)C. The number of benzene rings is 2. The first-order chi connectivity index (χ1) is 10.9. The second-order valence-electron chi connectivity index (χ2n) is 5.93. The normalized spacial score (nSPS) is 12.1. The first-order valence-corrected chi connectivity index (χ1v) is 8.78. The fourth-order valence-electron chi connectivity index (χ4n) is 2.40. The van der Waals surface area contributed by atoms with Crippen molar-refractivity contribution in [3.8, 4) is 5.75 Å². The summed E-state index contributed by atoms with van der Waals surface area (Å²) >= 11 is 2.23. The van der Waals surface area contributed by atoms with E-state index in [4.69, 9.17) is 4.74 Å². The summed E-state index contributed by atoms with van der Waals surface area (Å²) in [6.45, 7) is 8.16. The molecule has 0 aliphatic rings. The van der Waals surface area contributed by atoms with Crippen molar-refractivity contribution in [2.75, 3.05) is 5.32 Å². The average Bonchev–Trinajstić information content (AvgIpc) is 2.49. The Morgan fingerprint density at radius 1 is 1.09 bits per heavy atom. The minimum atomic E-state index is -0.557. The van der Waals surface area contributed by atoms with Crippen LogP contribution in [0.3, 0.4) is 0 Å². The Morgan fingerprint density at radius 2 is 1.74 bits per heavy atom. The van der Waals surface area contributed by atoms with Gasteiger partial charge in [-0.3, -0.25) is 4.79 Å². The van der Waals surface area contributed by atoms with Gasteiger partial charge >= 0.3 is 0 Å². The number of anilines is 1. The summed E-state index contributed by atoms with van der Waals surface area (Å²) in [6.07, 6.45) is -0.557. The van der Waals surface area contributed by atoms with E-state index < -0.39 is 6.10 Å². The maximum atomic E-state index is 12.2. The lowest BCUT2D eigenvalue weighted by Crippen LogP contribution is -2.30. The number of carbonyl (C=O) groups excluding carboxylic acids is 1. The molecule has 0 bridgehead atoms. The van der Waals surface area contributed by atoms with Crippen molar-refractivity contribution in [2.45, 2.75) is 39.7 Å². The van der Waals surface area contributed by atoms with Crippen LogP contribution in [0, 0.1) is 10.5 Å². The van der Waals surface area contributed by atoms with Crippen LogP contribution in [0.5, 0.6) is 5.75 Å². The first-order valence-electron chi connectivity index (χ1n) is 7.70. The molecule has 122 valence electrons. The highest BCUT2D eigenvalue weighted by Crippen LogP contribution is 2.24. The van der Waals surface area contributed by atoms with Gasteiger partial charge in [-0.2, -0.15) is 0 Å². The van der Waals surface area contributed by atoms with Crippen molar-refractivity contribution < 1.29 is 9.53 Å². The highest BCUT2D eigenvalue weighted by Gasteiger charge is 2.15. The fourth-order valence-corrected chi connectivity index (χ4v) is 2.76. The molecule has 0 spiro atoms. The molecule has 2 aromatic rings. The number of amides is 1. The second kappa shape index (κ2) is 7.81. The number of ether oxygens (including phenoxy) is 1. The smallest absolute Gasteiger partial charge is 0.265 e. The molecule has 1 atom stereocenters. The van der Waals surface area contributed by atoms with Crippen molar-refractivity contribution in [1.29, 1.82) is 0 Å². The van der Waals surface area contributed by atoms with Gasteiger partial charge in [-0.1, -0.05) is 19.9 Å². The predicted molar refractivity (Wildman–Crippen MR) is 103 cm³/mol. The Hall–Kier alpha value is -1.56. The Balaban J connectivity index is 2.00. The zero-order valence-corrected chi connectivity index (χ0v) is 16.0. The van der Waals surface area contributed by atoms with Crippen LogP contribution in [0.4, 0.5) is 5.69 Å². The van der Waals surface area contributed by atoms with E-state index >= 15 is 0 Å². The van der Waals surface area contributed by atoms with E-state index in [1.54, 1.807) is 6.92 Å². The van der Waals surface area contributed by atoms with Gasteiger partial charge in [0.15, 0.2) is 6.10 Å². The number of aryl methyl sites for hydroxylation is 1. The van der Waals surface area contributed by atoms with Gasteiger partial charge < -0.3 is 10.1 Å². The van der Waals surface area contributed by atoms with Gasteiger partial charge in [0.1, 0.15) is 5.75 Å². The number of rotatable bonds is 5. The largest absolute Gasteiger partial charge is 0.481 e. The maximum Gasteiger partial charge on any atom is 0.265 e. The van der Waals surface area contributed by atoms with E-state index in [-0.39, 0.29) is 5.91 Å². The molecule has 0 aromatic heterocycles. The topological polar surface area (TPSA) is 38.3 Å². The summed E-state index contributed by atoms with van der Waals surface area (Å²) < 4.78 is 6.90. The predicted octanol–water partition coefficient (Wildman–Crippen LogP) is 5.13. The van der Waals surface area contributed by atoms with E-state index in [0.29, 0.717) is 5.92 Å². The number of nitrogens with one attached hydrogen (secondary N) is 1. The molecule has 0 heterocycles. The van der Waals surface area contributed by atoms with Gasteiger partial charge in [0, 0.05) is 9.26 Å². The lowest BCUT2D eigenvalue weighted by atomic mass is 9.98. The van der Waals surface area contributed by atoms with Gasteiger partial charge in [-0.25, -0.2) is 0 Å². The van der Waals surface area contributed by atoms with Crippen LogP contribution in [0.15, 0.2) is 42.5 Å². The third-order valence-electron chi connectivity index (χ3n) is 3.66. The molecule has 0 aliphatic carbocycles. The fraction of sp³-hybridized carbons (Fsp3) is 0.316. The maximum absolute atomic E-state index is 12.2. The Kier molecular flexibility index (Phi) is 6.04. The molecule has 0 aliphatic heterocycles. The van der Waals surface area contributed by atoms with Crippen LogP contribution in [0.25, 0.3) is 0 Å². The summed E-state index contributed by atoms with van der Waals surface area (Å²) in [4.78, 5) is 12.2. The van der Waals surface area contributed by atoms with Crippen molar-refractivity contribution in [2.24, 2.45) is 0 Å². The summed E-state index contributed by atoms with van der Waals surface area (Å²) in [6, 6.07) is 13.7. The highest BCUT2D eigenvalue weighted by molar-refractivity contribution is 14.1. The van der Waals surface area contributed by atoms with Crippen LogP contribution in [-0.2, 0) is 4.79 Å². The van der Waals surface area contributed by atoms with Crippen molar-refractivity contribution >= 4 is 34.2 Å². The van der Waals surface area contributed by atoms with Gasteiger partial charge in [0.05, 0.1) is 0 Å². The van der Waals surface area contributed by atoms with E-state index in [1.165, 1.54) is 11.1 Å². The van der Waals surface area contributed by atoms with Crippen LogP contribution in [0.2, 0.25) is 0 Å². The molecule has 0 saturated carbocycles. The van der Waals surface area contributed by atoms with E-state index in [9.17, 15) is 4.79 Å². The molecule has 4 heteroatoms. The quantitative estimate of drug-likeness (QED) is 0.678. The number of carbonyl (C=O) groups is 1. The molecular weight excluding hydrogens is 401 g/mol. The third kappa shape index (κ3) is 4.96. The number of hydrogen-bond acceptors (Lipinski definition) is 2. The van der Waals surface area contributed by atoms with Gasteiger partial charge in [0.2, 0.25) is 0 Å². The second-order valence-corrected chi connectivity index (χ2v) is 7.17. The summed E-state index contributed by atoms with van der Waals surface area (Å²) in [5, 5.41) is 2.87. The van der Waals surface area contributed by atoms with Gasteiger partial charge in [-0.15, -0.1) is 0 Å². The highest BCUT2D eigenvalue weighted by atomic mass is 127. The minimum Gasteiger partial charge on any atom is -0.481 e. The lowest BCUT2D eigenvalue weighted by Gasteiger charge is -2.17. The number of halogens is 1. The van der Waals surface area contributed by atoms with Crippen molar-refractivity contribution in [3.63, 3.8) is 0 Å². The van der Waals surface area contributed by atoms with Crippen molar-refractivity contribution in [3.05, 3.63) is 57.2 Å². The molecule has 2 aromatic carbocycles. The lowest BCUT2D eigenvalue weighted by molar-refractivity contribution is -0.122. The Labute approximate surface area is 151 Å². The molecule has 1 N–H and O–H groups in total. The van der Waals surface area contributed by atoms with E-state index in [0.717, 1.165) is 15.0 Å². The van der Waals surface area contributed by atoms with Gasteiger partial charge in [-0.05, 0) is 89.9 Å². The third-order valence-corrected chi connectivity index (χ3v) is 4.38. The molecule has 23 heavy (non-hydrogen) atoms. The van der Waals surface area contributed by atoms with Crippen LogP contribution in [-0.4, -0.2) is 12.0 Å². The average molecular weight is 423 g/mol. The minimum absolute atomic E-state index is 0.156. The summed E-state index contributed by atoms with van der Waals surface area (Å²) in [7, 11) is 0. The zero-order valence-electron chi connectivity index (χ0n) is 13.9. The molecule has 2 rings (SSSR count). The molecule has 0 fully saturated rings. The Morgan fingerprint density at radius 3 is 2.30 bits per heavy atom. The van der Waals surface area contributed by atoms with Gasteiger partial charge in [0.25, 0.3) is 5.91 Å². The van der Waals surface area contributed by atoms with E-state index in [2.05, 4.69) is 54.7 Å². The standard InChI is InChI=1S/C19H22INO2/c1-12(2)18-10-9-17(11-13(18)3)23-14(4)19(22)21-16-7-5-15(20)6-8-16/h5-12,14H,1-4H3,(H,21,22). The van der Waals surface area contributed by atoms with Crippen LogP contribution in [0.1, 0.15) is 37.8 Å². The van der Waals surface area contributed by atoms with Crippen molar-refractivity contribution in [1.82, 2.24) is 0 Å². The molecule has 0 saturated heterocycles. The molecule has 1 unspecified atom stereocenters. The molecule has 1 amide bonds.